The maximum atomic E-state index is 13.1. The van der Waals surface area contributed by atoms with Crippen molar-refractivity contribution in [1.29, 1.82) is 0 Å². The fourth-order valence-corrected chi connectivity index (χ4v) is 2.69. The second kappa shape index (κ2) is 5.41. The number of halogens is 5. The molecule has 0 saturated carbocycles. The molecule has 7 heteroatoms. The van der Waals surface area contributed by atoms with Crippen LogP contribution in [0, 0.1) is 0 Å². The number of alkyl halides is 3. The molecule has 0 bridgehead atoms. The Morgan fingerprint density at radius 2 is 1.77 bits per heavy atom. The van der Waals surface area contributed by atoms with E-state index < -0.39 is 11.7 Å². The molecule has 2 heterocycles. The Kier molecular flexibility index (Phi) is 3.70. The number of benzene rings is 1. The maximum Gasteiger partial charge on any atom is 0.418 e. The third kappa shape index (κ3) is 2.74. The van der Waals surface area contributed by atoms with Crippen molar-refractivity contribution >= 4 is 34.1 Å². The minimum absolute atomic E-state index is 0.158. The van der Waals surface area contributed by atoms with Gasteiger partial charge in [0, 0.05) is 17.1 Å². The van der Waals surface area contributed by atoms with Crippen LogP contribution in [0.2, 0.25) is 10.2 Å². The molecule has 0 saturated heterocycles. The lowest BCUT2D eigenvalue weighted by atomic mass is 10.0. The monoisotopic (exact) mass is 342 g/mol. The number of pyridine rings is 2. The van der Waals surface area contributed by atoms with Gasteiger partial charge in [0.2, 0.25) is 0 Å². The average molecular weight is 343 g/mol. The summed E-state index contributed by atoms with van der Waals surface area (Å²) in [4.78, 5) is 7.94. The summed E-state index contributed by atoms with van der Waals surface area (Å²) in [5.41, 5.74) is -0.252. The molecule has 0 aliphatic heterocycles. The Morgan fingerprint density at radius 1 is 1.00 bits per heavy atom. The van der Waals surface area contributed by atoms with E-state index >= 15 is 0 Å². The lowest BCUT2D eigenvalue weighted by molar-refractivity contribution is -0.137. The minimum Gasteiger partial charge on any atom is -0.256 e. The second-order valence-corrected chi connectivity index (χ2v) is 5.35. The zero-order chi connectivity index (χ0) is 15.9. The predicted molar refractivity (Wildman–Crippen MR) is 80.0 cm³/mol. The molecule has 3 rings (SSSR count). The van der Waals surface area contributed by atoms with Crippen LogP contribution in [0.1, 0.15) is 5.56 Å². The summed E-state index contributed by atoms with van der Waals surface area (Å²) in [6, 6.07) is 8.34. The molecule has 0 radical (unpaired) electrons. The third-order valence-corrected chi connectivity index (χ3v) is 3.62. The molecular formula is C15H7Cl2F3N2. The Balaban J connectivity index is 2.24. The summed E-state index contributed by atoms with van der Waals surface area (Å²) in [7, 11) is 0. The Bertz CT molecular complexity index is 863. The topological polar surface area (TPSA) is 25.8 Å². The van der Waals surface area contributed by atoms with Crippen molar-refractivity contribution in [2.75, 3.05) is 0 Å². The number of nitrogens with zero attached hydrogens (tertiary/aromatic N) is 2. The van der Waals surface area contributed by atoms with Crippen molar-refractivity contribution in [2.45, 2.75) is 6.18 Å². The molecule has 1 aromatic carbocycles. The van der Waals surface area contributed by atoms with E-state index in [1.807, 2.05) is 0 Å². The molecule has 0 aliphatic carbocycles. The van der Waals surface area contributed by atoms with Gasteiger partial charge in [-0.2, -0.15) is 13.2 Å². The van der Waals surface area contributed by atoms with E-state index in [1.165, 1.54) is 30.5 Å². The van der Waals surface area contributed by atoms with Gasteiger partial charge in [0.05, 0.1) is 21.8 Å². The van der Waals surface area contributed by atoms with Crippen molar-refractivity contribution in [1.82, 2.24) is 9.97 Å². The molecule has 2 aromatic heterocycles. The maximum absolute atomic E-state index is 13.1. The largest absolute Gasteiger partial charge is 0.418 e. The standard InChI is InChI=1S/C15H7Cl2F3N2/c16-11-7-13(17)22-12-6-8(3-4-9(11)12)14-10(15(18,19)20)2-1-5-21-14/h1-7H. The van der Waals surface area contributed by atoms with Gasteiger partial charge < -0.3 is 0 Å². The Morgan fingerprint density at radius 3 is 2.50 bits per heavy atom. The van der Waals surface area contributed by atoms with Gasteiger partial charge >= 0.3 is 6.18 Å². The summed E-state index contributed by atoms with van der Waals surface area (Å²) < 4.78 is 39.2. The van der Waals surface area contributed by atoms with Crippen LogP contribution in [-0.2, 0) is 6.18 Å². The number of hydrogen-bond donors (Lipinski definition) is 0. The molecule has 22 heavy (non-hydrogen) atoms. The molecule has 0 unspecified atom stereocenters. The number of fused-ring (bicyclic) bond motifs is 1. The highest BCUT2D eigenvalue weighted by atomic mass is 35.5. The minimum atomic E-state index is -4.49. The van der Waals surface area contributed by atoms with Gasteiger partial charge in [0.25, 0.3) is 0 Å². The smallest absolute Gasteiger partial charge is 0.256 e. The van der Waals surface area contributed by atoms with Crippen LogP contribution in [0.15, 0.2) is 42.6 Å². The fraction of sp³-hybridized carbons (Fsp3) is 0.0667. The van der Waals surface area contributed by atoms with Crippen LogP contribution in [0.3, 0.4) is 0 Å². The van der Waals surface area contributed by atoms with Crippen LogP contribution < -0.4 is 0 Å². The van der Waals surface area contributed by atoms with Gasteiger partial charge in [-0.15, -0.1) is 0 Å². The number of aromatic nitrogens is 2. The number of rotatable bonds is 1. The molecule has 0 amide bonds. The fourth-order valence-electron chi connectivity index (χ4n) is 2.17. The van der Waals surface area contributed by atoms with Crippen molar-refractivity contribution in [3.05, 3.63) is 58.3 Å². The highest BCUT2D eigenvalue weighted by Crippen LogP contribution is 2.37. The lowest BCUT2D eigenvalue weighted by Gasteiger charge is -2.12. The summed E-state index contributed by atoms with van der Waals surface area (Å²) >= 11 is 11.9. The molecule has 0 N–H and O–H groups in total. The highest BCUT2D eigenvalue weighted by Gasteiger charge is 2.34. The van der Waals surface area contributed by atoms with Crippen LogP contribution in [0.5, 0.6) is 0 Å². The lowest BCUT2D eigenvalue weighted by Crippen LogP contribution is -2.08. The first-order valence-corrected chi connectivity index (χ1v) is 6.90. The summed E-state index contributed by atoms with van der Waals surface area (Å²) in [5.74, 6) is 0. The normalized spacial score (nSPS) is 11.9. The van der Waals surface area contributed by atoms with Gasteiger partial charge in [-0.1, -0.05) is 35.3 Å². The molecular weight excluding hydrogens is 336 g/mol. The number of hydrogen-bond acceptors (Lipinski definition) is 2. The van der Waals surface area contributed by atoms with Gasteiger partial charge in [0.15, 0.2) is 0 Å². The van der Waals surface area contributed by atoms with E-state index in [1.54, 1.807) is 6.07 Å². The molecule has 112 valence electrons. The Hall–Kier alpha value is -1.85. The van der Waals surface area contributed by atoms with Gasteiger partial charge in [-0.05, 0) is 24.3 Å². The highest BCUT2D eigenvalue weighted by molar-refractivity contribution is 6.37. The molecule has 0 fully saturated rings. The zero-order valence-electron chi connectivity index (χ0n) is 10.8. The van der Waals surface area contributed by atoms with Gasteiger partial charge in [0.1, 0.15) is 5.15 Å². The van der Waals surface area contributed by atoms with Crippen LogP contribution in [0.4, 0.5) is 13.2 Å². The zero-order valence-corrected chi connectivity index (χ0v) is 12.3. The summed E-state index contributed by atoms with van der Waals surface area (Å²) in [5, 5.41) is 1.17. The Labute approximate surface area is 133 Å². The average Bonchev–Trinajstić information content (AvgIpc) is 2.45. The van der Waals surface area contributed by atoms with E-state index in [0.717, 1.165) is 6.07 Å². The van der Waals surface area contributed by atoms with E-state index in [2.05, 4.69) is 9.97 Å². The van der Waals surface area contributed by atoms with E-state index in [-0.39, 0.29) is 10.8 Å². The molecule has 0 spiro atoms. The quantitative estimate of drug-likeness (QED) is 0.536. The van der Waals surface area contributed by atoms with Crippen LogP contribution >= 0.6 is 23.2 Å². The van der Waals surface area contributed by atoms with E-state index in [4.69, 9.17) is 23.2 Å². The summed E-state index contributed by atoms with van der Waals surface area (Å²) in [6.07, 6.45) is -3.18. The first kappa shape index (κ1) is 15.1. The van der Waals surface area contributed by atoms with E-state index in [0.29, 0.717) is 21.5 Å². The van der Waals surface area contributed by atoms with Crippen molar-refractivity contribution in [3.8, 4) is 11.3 Å². The first-order valence-electron chi connectivity index (χ1n) is 6.14. The molecule has 0 aliphatic rings. The van der Waals surface area contributed by atoms with E-state index in [9.17, 15) is 13.2 Å². The first-order chi connectivity index (χ1) is 10.4. The molecule has 0 atom stereocenters. The van der Waals surface area contributed by atoms with Crippen molar-refractivity contribution < 1.29 is 13.2 Å². The van der Waals surface area contributed by atoms with Crippen LogP contribution in [-0.4, -0.2) is 9.97 Å². The second-order valence-electron chi connectivity index (χ2n) is 4.56. The van der Waals surface area contributed by atoms with Gasteiger partial charge in [-0.3, -0.25) is 4.98 Å². The van der Waals surface area contributed by atoms with Crippen molar-refractivity contribution in [2.24, 2.45) is 0 Å². The molecule has 2 nitrogen and oxygen atoms in total. The third-order valence-electron chi connectivity index (χ3n) is 3.11. The van der Waals surface area contributed by atoms with Crippen molar-refractivity contribution in [3.63, 3.8) is 0 Å². The predicted octanol–water partition coefficient (Wildman–Crippen LogP) is 5.62. The van der Waals surface area contributed by atoms with Crippen LogP contribution in [0.25, 0.3) is 22.2 Å². The summed E-state index contributed by atoms with van der Waals surface area (Å²) in [6.45, 7) is 0. The SMILES string of the molecule is FC(F)(F)c1cccnc1-c1ccc2c(Cl)cc(Cl)nc2c1. The van der Waals surface area contributed by atoms with Gasteiger partial charge in [-0.25, -0.2) is 4.98 Å². The molecule has 3 aromatic rings.